The molecule has 2 saturated carbocycles. The zero-order chi connectivity index (χ0) is 11.5. The number of hydrogen-bond donors (Lipinski definition) is 2. The number of aromatic amines is 1. The largest absolute Gasteiger partial charge is 0.348 e. The van der Waals surface area contributed by atoms with Gasteiger partial charge in [-0.25, -0.2) is 4.98 Å². The number of rotatable bonds is 5. The predicted octanol–water partition coefficient (Wildman–Crippen LogP) is 2.51. The lowest BCUT2D eigenvalue weighted by Crippen LogP contribution is -2.35. The summed E-state index contributed by atoms with van der Waals surface area (Å²) in [5.41, 5.74) is 1.24. The van der Waals surface area contributed by atoms with Crippen LogP contribution in [0.25, 0.3) is 0 Å². The lowest BCUT2D eigenvalue weighted by molar-refractivity contribution is 0.262. The zero-order valence-corrected chi connectivity index (χ0v) is 10.5. The third-order valence-electron chi connectivity index (χ3n) is 4.39. The molecule has 94 valence electrons. The van der Waals surface area contributed by atoms with Gasteiger partial charge in [0.15, 0.2) is 0 Å². The van der Waals surface area contributed by atoms with Crippen molar-refractivity contribution in [3.05, 3.63) is 18.2 Å². The number of aromatic nitrogens is 2. The highest BCUT2D eigenvalue weighted by molar-refractivity contribution is 4.95. The average molecular weight is 233 g/mol. The molecule has 2 unspecified atom stereocenters. The standard InChI is InChI=1S/C14H23N3/c1-2-12(11-4-5-11)8-13(3-1)16-7-6-14-9-15-10-17-14/h9-13,16H,1-8H2,(H,15,17). The van der Waals surface area contributed by atoms with Crippen LogP contribution in [-0.2, 0) is 6.42 Å². The summed E-state index contributed by atoms with van der Waals surface area (Å²) in [5, 5.41) is 3.72. The van der Waals surface area contributed by atoms with Crippen LogP contribution >= 0.6 is 0 Å². The maximum Gasteiger partial charge on any atom is 0.0921 e. The van der Waals surface area contributed by atoms with E-state index < -0.39 is 0 Å². The first-order chi connectivity index (χ1) is 8.42. The molecule has 2 N–H and O–H groups in total. The van der Waals surface area contributed by atoms with E-state index in [4.69, 9.17) is 0 Å². The molecule has 0 saturated heterocycles. The van der Waals surface area contributed by atoms with Crippen molar-refractivity contribution in [3.63, 3.8) is 0 Å². The Labute approximate surface area is 103 Å². The molecule has 2 fully saturated rings. The molecule has 1 heterocycles. The van der Waals surface area contributed by atoms with E-state index in [-0.39, 0.29) is 0 Å². The van der Waals surface area contributed by atoms with Gasteiger partial charge in [0.25, 0.3) is 0 Å². The highest BCUT2D eigenvalue weighted by Gasteiger charge is 2.34. The summed E-state index contributed by atoms with van der Waals surface area (Å²) < 4.78 is 0. The molecule has 0 amide bonds. The molecular weight excluding hydrogens is 210 g/mol. The summed E-state index contributed by atoms with van der Waals surface area (Å²) >= 11 is 0. The van der Waals surface area contributed by atoms with Gasteiger partial charge in [-0.15, -0.1) is 0 Å². The highest BCUT2D eigenvalue weighted by Crippen LogP contribution is 2.43. The van der Waals surface area contributed by atoms with Crippen LogP contribution in [0.3, 0.4) is 0 Å². The second kappa shape index (κ2) is 5.21. The third kappa shape index (κ3) is 3.09. The van der Waals surface area contributed by atoms with Gasteiger partial charge in [0.05, 0.1) is 6.33 Å². The lowest BCUT2D eigenvalue weighted by Gasteiger charge is -2.30. The number of hydrogen-bond acceptors (Lipinski definition) is 2. The molecule has 1 aromatic heterocycles. The third-order valence-corrected chi connectivity index (χ3v) is 4.39. The van der Waals surface area contributed by atoms with Crippen molar-refractivity contribution in [1.82, 2.24) is 15.3 Å². The van der Waals surface area contributed by atoms with E-state index in [9.17, 15) is 0 Å². The molecule has 3 heteroatoms. The number of nitrogens with zero attached hydrogens (tertiary/aromatic N) is 1. The van der Waals surface area contributed by atoms with Gasteiger partial charge in [-0.1, -0.05) is 12.8 Å². The van der Waals surface area contributed by atoms with Gasteiger partial charge >= 0.3 is 0 Å². The molecule has 3 rings (SSSR count). The summed E-state index contributed by atoms with van der Waals surface area (Å²) in [6.45, 7) is 1.09. The number of imidazole rings is 1. The van der Waals surface area contributed by atoms with Gasteiger partial charge in [0, 0.05) is 30.9 Å². The van der Waals surface area contributed by atoms with Crippen LogP contribution in [0.5, 0.6) is 0 Å². The van der Waals surface area contributed by atoms with E-state index in [0.717, 1.165) is 30.8 Å². The molecule has 3 nitrogen and oxygen atoms in total. The Morgan fingerprint density at radius 2 is 2.18 bits per heavy atom. The Balaban J connectivity index is 1.39. The van der Waals surface area contributed by atoms with Gasteiger partial charge in [-0.2, -0.15) is 0 Å². The molecular formula is C14H23N3. The molecule has 0 aromatic carbocycles. The molecule has 2 atom stereocenters. The number of H-pyrrole nitrogens is 1. The first-order valence-corrected chi connectivity index (χ1v) is 7.12. The molecule has 0 aliphatic heterocycles. The van der Waals surface area contributed by atoms with E-state index in [2.05, 4.69) is 15.3 Å². The molecule has 2 aliphatic carbocycles. The van der Waals surface area contributed by atoms with Crippen molar-refractivity contribution in [3.8, 4) is 0 Å². The summed E-state index contributed by atoms with van der Waals surface area (Å²) in [4.78, 5) is 7.21. The number of nitrogens with one attached hydrogen (secondary N) is 2. The Bertz CT molecular complexity index is 329. The van der Waals surface area contributed by atoms with E-state index in [0.29, 0.717) is 0 Å². The van der Waals surface area contributed by atoms with Gasteiger partial charge < -0.3 is 10.3 Å². The fourth-order valence-electron chi connectivity index (χ4n) is 3.24. The van der Waals surface area contributed by atoms with Crippen molar-refractivity contribution in [1.29, 1.82) is 0 Å². The molecule has 2 aliphatic rings. The Kier molecular flexibility index (Phi) is 3.46. The minimum absolute atomic E-state index is 0.775. The fraction of sp³-hybridized carbons (Fsp3) is 0.786. The highest BCUT2D eigenvalue weighted by atomic mass is 14.9. The van der Waals surface area contributed by atoms with Gasteiger partial charge in [0.1, 0.15) is 0 Å². The van der Waals surface area contributed by atoms with Crippen LogP contribution in [0, 0.1) is 11.8 Å². The Morgan fingerprint density at radius 1 is 1.24 bits per heavy atom. The van der Waals surface area contributed by atoms with Crippen LogP contribution in [0.15, 0.2) is 12.5 Å². The van der Waals surface area contributed by atoms with Gasteiger partial charge in [0.2, 0.25) is 0 Å². The molecule has 0 spiro atoms. The van der Waals surface area contributed by atoms with Crippen LogP contribution in [0.1, 0.15) is 44.2 Å². The van der Waals surface area contributed by atoms with Crippen LogP contribution < -0.4 is 5.32 Å². The van der Waals surface area contributed by atoms with Crippen molar-refractivity contribution >= 4 is 0 Å². The van der Waals surface area contributed by atoms with Gasteiger partial charge in [-0.3, -0.25) is 0 Å². The minimum atomic E-state index is 0.775. The van der Waals surface area contributed by atoms with Crippen molar-refractivity contribution in [2.45, 2.75) is 51.0 Å². The first-order valence-electron chi connectivity index (χ1n) is 7.12. The van der Waals surface area contributed by atoms with Crippen LogP contribution in [-0.4, -0.2) is 22.6 Å². The fourth-order valence-corrected chi connectivity index (χ4v) is 3.24. The van der Waals surface area contributed by atoms with Crippen molar-refractivity contribution < 1.29 is 0 Å². The van der Waals surface area contributed by atoms with E-state index >= 15 is 0 Å². The monoisotopic (exact) mass is 233 g/mol. The second-order valence-electron chi connectivity index (χ2n) is 5.74. The first kappa shape index (κ1) is 11.3. The zero-order valence-electron chi connectivity index (χ0n) is 10.5. The van der Waals surface area contributed by atoms with E-state index in [1.807, 2.05) is 6.20 Å². The topological polar surface area (TPSA) is 40.7 Å². The van der Waals surface area contributed by atoms with E-state index in [1.165, 1.54) is 44.2 Å². The van der Waals surface area contributed by atoms with Crippen molar-refractivity contribution in [2.75, 3.05) is 6.54 Å². The maximum absolute atomic E-state index is 4.05. The quantitative estimate of drug-likeness (QED) is 0.820. The summed E-state index contributed by atoms with van der Waals surface area (Å²) in [6, 6.07) is 0.775. The van der Waals surface area contributed by atoms with Gasteiger partial charge in [-0.05, 0) is 37.5 Å². The minimum Gasteiger partial charge on any atom is -0.348 e. The predicted molar refractivity (Wildman–Crippen MR) is 68.8 cm³/mol. The summed E-state index contributed by atoms with van der Waals surface area (Å²) in [7, 11) is 0. The molecule has 0 radical (unpaired) electrons. The maximum atomic E-state index is 4.05. The van der Waals surface area contributed by atoms with E-state index in [1.54, 1.807) is 6.33 Å². The molecule has 17 heavy (non-hydrogen) atoms. The Morgan fingerprint density at radius 3 is 2.94 bits per heavy atom. The van der Waals surface area contributed by atoms with Crippen LogP contribution in [0.4, 0.5) is 0 Å². The second-order valence-corrected chi connectivity index (χ2v) is 5.74. The smallest absolute Gasteiger partial charge is 0.0921 e. The summed E-state index contributed by atoms with van der Waals surface area (Å²) in [6.07, 6.45) is 13.5. The Hall–Kier alpha value is -0.830. The molecule has 1 aromatic rings. The molecule has 0 bridgehead atoms. The van der Waals surface area contributed by atoms with Crippen LogP contribution in [0.2, 0.25) is 0 Å². The summed E-state index contributed by atoms with van der Waals surface area (Å²) in [5.74, 6) is 2.13. The average Bonchev–Trinajstić information content (AvgIpc) is 3.09. The lowest BCUT2D eigenvalue weighted by atomic mass is 9.83. The van der Waals surface area contributed by atoms with Crippen molar-refractivity contribution in [2.24, 2.45) is 11.8 Å². The normalized spacial score (nSPS) is 29.4. The SMILES string of the molecule is c1ncc(CCNC2CCCC(C3CC3)C2)[nH]1.